The van der Waals surface area contributed by atoms with Gasteiger partial charge in [-0.2, -0.15) is 0 Å². The summed E-state index contributed by atoms with van der Waals surface area (Å²) in [6.07, 6.45) is 0.864. The second-order valence-electron chi connectivity index (χ2n) is 7.23. The molecule has 2 amide bonds. The zero-order valence-electron chi connectivity index (χ0n) is 17.4. The van der Waals surface area contributed by atoms with Gasteiger partial charge in [0.25, 0.3) is 5.91 Å². The number of hydrogen-bond donors (Lipinski definition) is 2. The van der Waals surface area contributed by atoms with Crippen LogP contribution in [-0.4, -0.2) is 31.5 Å². The minimum atomic E-state index is -0.244. The Morgan fingerprint density at radius 3 is 2.52 bits per heavy atom. The molecule has 0 unspecified atom stereocenters. The second kappa shape index (κ2) is 9.34. The first-order valence-electron chi connectivity index (χ1n) is 10.4. The fourth-order valence-corrected chi connectivity index (χ4v) is 3.70. The van der Waals surface area contributed by atoms with E-state index in [-0.39, 0.29) is 18.4 Å². The number of nitrogens with one attached hydrogen (secondary N) is 2. The normalized spacial score (nSPS) is 12.2. The molecule has 158 valence electrons. The lowest BCUT2D eigenvalue weighted by Crippen LogP contribution is -2.34. The molecule has 31 heavy (non-hydrogen) atoms. The van der Waals surface area contributed by atoms with Crippen LogP contribution in [0.1, 0.15) is 22.8 Å². The van der Waals surface area contributed by atoms with E-state index in [0.717, 1.165) is 17.9 Å². The monoisotopic (exact) mass is 415 g/mol. The summed E-state index contributed by atoms with van der Waals surface area (Å²) in [5.41, 5.74) is 3.92. The summed E-state index contributed by atoms with van der Waals surface area (Å²) in [7, 11) is 0. The molecular weight excluding hydrogens is 390 g/mol. The maximum Gasteiger partial charge on any atom is 0.257 e. The standard InChI is InChI=1S/C25H25N3O3/c1-2-31-20-13-11-19(12-14-20)27-25(30)21-8-4-5-9-22(21)26-17-24(29)28-16-15-18-7-3-6-10-23(18)28/h3-14,26H,2,15-17H2,1H3,(H,27,30). The van der Waals surface area contributed by atoms with Crippen molar-refractivity contribution < 1.29 is 14.3 Å². The highest BCUT2D eigenvalue weighted by Gasteiger charge is 2.24. The number of para-hydroxylation sites is 2. The van der Waals surface area contributed by atoms with Gasteiger partial charge in [-0.3, -0.25) is 9.59 Å². The molecule has 0 spiro atoms. The molecule has 0 atom stereocenters. The molecule has 0 saturated carbocycles. The molecule has 6 nitrogen and oxygen atoms in total. The van der Waals surface area contributed by atoms with E-state index in [1.54, 1.807) is 35.2 Å². The number of nitrogens with zero attached hydrogens (tertiary/aromatic N) is 1. The minimum absolute atomic E-state index is 0.0216. The number of ether oxygens (including phenoxy) is 1. The Kier molecular flexibility index (Phi) is 6.17. The number of benzene rings is 3. The van der Waals surface area contributed by atoms with Crippen LogP contribution in [0.25, 0.3) is 0 Å². The molecule has 2 N–H and O–H groups in total. The van der Waals surface area contributed by atoms with Crippen LogP contribution < -0.4 is 20.3 Å². The van der Waals surface area contributed by atoms with Crippen LogP contribution in [0, 0.1) is 0 Å². The van der Waals surface area contributed by atoms with Crippen LogP contribution in [-0.2, 0) is 11.2 Å². The molecule has 1 aliphatic rings. The molecule has 1 aliphatic heterocycles. The Morgan fingerprint density at radius 1 is 0.968 bits per heavy atom. The summed E-state index contributed by atoms with van der Waals surface area (Å²) in [6.45, 7) is 3.31. The van der Waals surface area contributed by atoms with Crippen molar-refractivity contribution in [2.24, 2.45) is 0 Å². The van der Waals surface area contributed by atoms with Crippen molar-refractivity contribution in [3.8, 4) is 5.75 Å². The van der Waals surface area contributed by atoms with Crippen LogP contribution in [0.4, 0.5) is 17.1 Å². The Morgan fingerprint density at radius 2 is 1.71 bits per heavy atom. The van der Waals surface area contributed by atoms with Gasteiger partial charge >= 0.3 is 0 Å². The summed E-state index contributed by atoms with van der Waals surface area (Å²) in [6, 6.07) is 22.4. The zero-order valence-corrected chi connectivity index (χ0v) is 17.4. The zero-order chi connectivity index (χ0) is 21.6. The minimum Gasteiger partial charge on any atom is -0.494 e. The van der Waals surface area contributed by atoms with Crippen molar-refractivity contribution in [1.29, 1.82) is 0 Å². The number of anilines is 3. The average Bonchev–Trinajstić information content (AvgIpc) is 3.23. The first kappa shape index (κ1) is 20.5. The van der Waals surface area contributed by atoms with E-state index < -0.39 is 0 Å². The highest BCUT2D eigenvalue weighted by atomic mass is 16.5. The molecular formula is C25H25N3O3. The molecule has 6 heteroatoms. The van der Waals surface area contributed by atoms with Gasteiger partial charge in [0.15, 0.2) is 0 Å². The smallest absolute Gasteiger partial charge is 0.257 e. The van der Waals surface area contributed by atoms with E-state index in [1.165, 1.54) is 5.56 Å². The van der Waals surface area contributed by atoms with Gasteiger partial charge in [0.1, 0.15) is 5.75 Å². The van der Waals surface area contributed by atoms with E-state index in [9.17, 15) is 9.59 Å². The fraction of sp³-hybridized carbons (Fsp3) is 0.200. The van der Waals surface area contributed by atoms with Gasteiger partial charge in [-0.25, -0.2) is 0 Å². The molecule has 0 aromatic heterocycles. The highest BCUT2D eigenvalue weighted by molar-refractivity contribution is 6.08. The lowest BCUT2D eigenvalue weighted by Gasteiger charge is -2.19. The molecule has 4 rings (SSSR count). The number of carbonyl (C=O) groups excluding carboxylic acids is 2. The van der Waals surface area contributed by atoms with Gasteiger partial charge in [0, 0.05) is 23.6 Å². The molecule has 0 aliphatic carbocycles. The number of fused-ring (bicyclic) bond motifs is 1. The summed E-state index contributed by atoms with van der Waals surface area (Å²) in [5.74, 6) is 0.488. The van der Waals surface area contributed by atoms with Gasteiger partial charge in [-0.15, -0.1) is 0 Å². The van der Waals surface area contributed by atoms with Gasteiger partial charge in [-0.1, -0.05) is 30.3 Å². The Balaban J connectivity index is 1.41. The third kappa shape index (κ3) is 4.69. The van der Waals surface area contributed by atoms with E-state index in [0.29, 0.717) is 30.1 Å². The van der Waals surface area contributed by atoms with Crippen molar-refractivity contribution in [2.75, 3.05) is 35.2 Å². The number of amides is 2. The van der Waals surface area contributed by atoms with Crippen molar-refractivity contribution in [3.63, 3.8) is 0 Å². The van der Waals surface area contributed by atoms with Gasteiger partial charge in [0.2, 0.25) is 5.91 Å². The van der Waals surface area contributed by atoms with Crippen LogP contribution in [0.2, 0.25) is 0 Å². The first-order valence-corrected chi connectivity index (χ1v) is 10.4. The molecule has 3 aromatic rings. The first-order chi connectivity index (χ1) is 15.2. The average molecular weight is 415 g/mol. The molecule has 1 heterocycles. The Labute approximate surface area is 181 Å². The summed E-state index contributed by atoms with van der Waals surface area (Å²) < 4.78 is 5.43. The van der Waals surface area contributed by atoms with Crippen LogP contribution in [0.3, 0.4) is 0 Å². The summed E-state index contributed by atoms with van der Waals surface area (Å²) >= 11 is 0. The third-order valence-corrected chi connectivity index (χ3v) is 5.21. The van der Waals surface area contributed by atoms with Crippen molar-refractivity contribution in [1.82, 2.24) is 0 Å². The largest absolute Gasteiger partial charge is 0.494 e. The fourth-order valence-electron chi connectivity index (χ4n) is 3.70. The number of rotatable bonds is 7. The third-order valence-electron chi connectivity index (χ3n) is 5.21. The second-order valence-corrected chi connectivity index (χ2v) is 7.23. The maximum absolute atomic E-state index is 12.8. The van der Waals surface area contributed by atoms with Crippen molar-refractivity contribution >= 4 is 28.9 Å². The topological polar surface area (TPSA) is 70.7 Å². The molecule has 3 aromatic carbocycles. The molecule has 0 radical (unpaired) electrons. The Hall–Kier alpha value is -3.80. The van der Waals surface area contributed by atoms with Gasteiger partial charge < -0.3 is 20.3 Å². The highest BCUT2D eigenvalue weighted by Crippen LogP contribution is 2.27. The van der Waals surface area contributed by atoms with Crippen LogP contribution >= 0.6 is 0 Å². The van der Waals surface area contributed by atoms with E-state index in [4.69, 9.17) is 4.74 Å². The SMILES string of the molecule is CCOc1ccc(NC(=O)c2ccccc2NCC(=O)N2CCc3ccccc32)cc1. The maximum atomic E-state index is 12.8. The summed E-state index contributed by atoms with van der Waals surface area (Å²) in [4.78, 5) is 27.4. The lowest BCUT2D eigenvalue weighted by molar-refractivity contribution is -0.116. The van der Waals surface area contributed by atoms with Crippen molar-refractivity contribution in [3.05, 3.63) is 83.9 Å². The van der Waals surface area contributed by atoms with Crippen molar-refractivity contribution in [2.45, 2.75) is 13.3 Å². The van der Waals surface area contributed by atoms with E-state index >= 15 is 0 Å². The van der Waals surface area contributed by atoms with Gasteiger partial charge in [-0.05, 0) is 61.4 Å². The Bertz CT molecular complexity index is 1080. The molecule has 0 saturated heterocycles. The lowest BCUT2D eigenvalue weighted by atomic mass is 10.1. The molecule has 0 fully saturated rings. The quantitative estimate of drug-likeness (QED) is 0.602. The van der Waals surface area contributed by atoms with Crippen LogP contribution in [0.5, 0.6) is 5.75 Å². The van der Waals surface area contributed by atoms with Crippen LogP contribution in [0.15, 0.2) is 72.8 Å². The van der Waals surface area contributed by atoms with Gasteiger partial charge in [0.05, 0.1) is 18.7 Å². The number of hydrogen-bond acceptors (Lipinski definition) is 4. The van der Waals surface area contributed by atoms with E-state index in [1.807, 2.05) is 43.3 Å². The predicted molar refractivity (Wildman–Crippen MR) is 123 cm³/mol. The van der Waals surface area contributed by atoms with E-state index in [2.05, 4.69) is 16.7 Å². The summed E-state index contributed by atoms with van der Waals surface area (Å²) in [5, 5.41) is 6.04. The number of carbonyl (C=O) groups is 2. The predicted octanol–water partition coefficient (Wildman–Crippen LogP) is 4.34. The molecule has 0 bridgehead atoms.